The standard InChI is InChI=1S/C17H21N5O2S/c1-11-7-15(19-18-11)17(24)21-5-2-3-13(21)9-22-16(23)8-12-10-25-6-4-14(12)20-22/h7-8,13H,2-6,9-10H2,1H3,(H,18,19). The molecule has 4 rings (SSSR count). The number of rotatable bonds is 3. The summed E-state index contributed by atoms with van der Waals surface area (Å²) in [4.78, 5) is 26.9. The van der Waals surface area contributed by atoms with E-state index < -0.39 is 0 Å². The second kappa shape index (κ2) is 6.67. The van der Waals surface area contributed by atoms with Crippen molar-refractivity contribution in [3.05, 3.63) is 45.1 Å². The highest BCUT2D eigenvalue weighted by Gasteiger charge is 2.31. The van der Waals surface area contributed by atoms with Gasteiger partial charge in [0, 0.05) is 30.5 Å². The number of aromatic amines is 1. The monoisotopic (exact) mass is 359 g/mol. The fourth-order valence-electron chi connectivity index (χ4n) is 3.55. The van der Waals surface area contributed by atoms with Gasteiger partial charge in [0.1, 0.15) is 5.69 Å². The van der Waals surface area contributed by atoms with Gasteiger partial charge in [-0.3, -0.25) is 14.7 Å². The minimum atomic E-state index is -0.0748. The molecule has 8 heteroatoms. The van der Waals surface area contributed by atoms with Crippen LogP contribution < -0.4 is 5.56 Å². The molecule has 1 amide bonds. The number of nitrogens with one attached hydrogen (secondary N) is 1. The maximum atomic E-state index is 12.7. The summed E-state index contributed by atoms with van der Waals surface area (Å²) in [7, 11) is 0. The summed E-state index contributed by atoms with van der Waals surface area (Å²) in [6.07, 6.45) is 2.73. The van der Waals surface area contributed by atoms with Crippen LogP contribution in [0.2, 0.25) is 0 Å². The van der Waals surface area contributed by atoms with E-state index in [0.717, 1.165) is 47.7 Å². The number of hydrogen-bond acceptors (Lipinski definition) is 5. The molecule has 4 heterocycles. The Morgan fingerprint density at radius 3 is 3.12 bits per heavy atom. The minimum absolute atomic E-state index is 0.00859. The Kier molecular flexibility index (Phi) is 4.37. The second-order valence-electron chi connectivity index (χ2n) is 6.67. The van der Waals surface area contributed by atoms with Crippen molar-refractivity contribution in [2.45, 2.75) is 44.5 Å². The van der Waals surface area contributed by atoms with Crippen LogP contribution in [-0.2, 0) is 18.7 Å². The molecule has 132 valence electrons. The zero-order valence-electron chi connectivity index (χ0n) is 14.2. The van der Waals surface area contributed by atoms with E-state index in [-0.39, 0.29) is 17.5 Å². The molecule has 1 unspecified atom stereocenters. The summed E-state index contributed by atoms with van der Waals surface area (Å²) in [6.45, 7) is 3.03. The first-order valence-electron chi connectivity index (χ1n) is 8.62. The molecule has 1 saturated heterocycles. The van der Waals surface area contributed by atoms with E-state index >= 15 is 0 Å². The van der Waals surface area contributed by atoms with Crippen LogP contribution in [0.4, 0.5) is 0 Å². The molecule has 7 nitrogen and oxygen atoms in total. The van der Waals surface area contributed by atoms with Crippen LogP contribution in [0, 0.1) is 6.92 Å². The van der Waals surface area contributed by atoms with Crippen LogP contribution in [0.15, 0.2) is 16.9 Å². The zero-order chi connectivity index (χ0) is 17.4. The van der Waals surface area contributed by atoms with E-state index in [1.54, 1.807) is 16.8 Å². The lowest BCUT2D eigenvalue weighted by molar-refractivity contribution is 0.0714. The Bertz CT molecular complexity index is 859. The number of aromatic nitrogens is 4. The average Bonchev–Trinajstić information content (AvgIpc) is 3.24. The summed E-state index contributed by atoms with van der Waals surface area (Å²) < 4.78 is 1.54. The van der Waals surface area contributed by atoms with Crippen LogP contribution >= 0.6 is 11.8 Å². The van der Waals surface area contributed by atoms with Crippen molar-refractivity contribution in [3.8, 4) is 0 Å². The van der Waals surface area contributed by atoms with Crippen LogP contribution in [0.3, 0.4) is 0 Å². The van der Waals surface area contributed by atoms with Gasteiger partial charge in [-0.1, -0.05) is 0 Å². The molecular formula is C17H21N5O2S. The topological polar surface area (TPSA) is 83.9 Å². The lowest BCUT2D eigenvalue weighted by atomic mass is 10.2. The molecule has 0 aliphatic carbocycles. The third kappa shape index (κ3) is 3.22. The van der Waals surface area contributed by atoms with E-state index in [1.165, 1.54) is 0 Å². The van der Waals surface area contributed by atoms with E-state index in [2.05, 4.69) is 15.3 Å². The number of hydrogen-bond donors (Lipinski definition) is 1. The maximum absolute atomic E-state index is 12.7. The van der Waals surface area contributed by atoms with Crippen LogP contribution in [0.5, 0.6) is 0 Å². The van der Waals surface area contributed by atoms with E-state index in [9.17, 15) is 9.59 Å². The first kappa shape index (κ1) is 16.4. The van der Waals surface area contributed by atoms with E-state index in [1.807, 2.05) is 23.6 Å². The summed E-state index contributed by atoms with van der Waals surface area (Å²) in [5, 5.41) is 11.5. The summed E-state index contributed by atoms with van der Waals surface area (Å²) >= 11 is 1.84. The fourth-order valence-corrected chi connectivity index (χ4v) is 4.50. The van der Waals surface area contributed by atoms with Gasteiger partial charge >= 0.3 is 0 Å². The number of amides is 1. The predicted molar refractivity (Wildman–Crippen MR) is 95.7 cm³/mol. The number of thioether (sulfide) groups is 1. The van der Waals surface area contributed by atoms with Crippen LogP contribution in [0.25, 0.3) is 0 Å². The number of carbonyl (C=O) groups is 1. The van der Waals surface area contributed by atoms with Crippen LogP contribution in [0.1, 0.15) is 40.3 Å². The third-order valence-electron chi connectivity index (χ3n) is 4.85. The molecule has 0 bridgehead atoms. The molecular weight excluding hydrogens is 338 g/mol. The smallest absolute Gasteiger partial charge is 0.274 e. The second-order valence-corrected chi connectivity index (χ2v) is 7.78. The lowest BCUT2D eigenvalue weighted by Gasteiger charge is -2.25. The molecule has 0 spiro atoms. The van der Waals surface area contributed by atoms with Crippen molar-refractivity contribution in [2.24, 2.45) is 0 Å². The first-order valence-corrected chi connectivity index (χ1v) is 9.78. The van der Waals surface area contributed by atoms with Crippen molar-refractivity contribution in [1.82, 2.24) is 24.9 Å². The van der Waals surface area contributed by atoms with Crippen molar-refractivity contribution in [1.29, 1.82) is 0 Å². The van der Waals surface area contributed by atoms with Crippen molar-refractivity contribution in [2.75, 3.05) is 12.3 Å². The summed E-state index contributed by atoms with van der Waals surface area (Å²) in [5.41, 5.74) is 3.31. The van der Waals surface area contributed by atoms with Gasteiger partial charge in [-0.2, -0.15) is 22.0 Å². The molecule has 0 radical (unpaired) electrons. The van der Waals surface area contributed by atoms with Gasteiger partial charge in [-0.05, 0) is 37.1 Å². The van der Waals surface area contributed by atoms with Gasteiger partial charge in [-0.15, -0.1) is 0 Å². The fraction of sp³-hybridized carbons (Fsp3) is 0.529. The maximum Gasteiger partial charge on any atom is 0.274 e. The lowest BCUT2D eigenvalue weighted by Crippen LogP contribution is -2.41. The van der Waals surface area contributed by atoms with Gasteiger partial charge in [0.05, 0.1) is 18.3 Å². The quantitative estimate of drug-likeness (QED) is 0.895. The van der Waals surface area contributed by atoms with Gasteiger partial charge < -0.3 is 4.90 Å². The predicted octanol–water partition coefficient (Wildman–Crippen LogP) is 1.37. The molecule has 0 aromatic carbocycles. The minimum Gasteiger partial charge on any atom is -0.332 e. The highest BCUT2D eigenvalue weighted by atomic mass is 32.2. The number of fused-ring (bicyclic) bond motifs is 1. The Hall–Kier alpha value is -2.09. The van der Waals surface area contributed by atoms with E-state index in [0.29, 0.717) is 18.8 Å². The normalized spacial score (nSPS) is 19.9. The van der Waals surface area contributed by atoms with Crippen molar-refractivity contribution >= 4 is 17.7 Å². The Morgan fingerprint density at radius 2 is 2.32 bits per heavy atom. The van der Waals surface area contributed by atoms with Gasteiger partial charge in [0.2, 0.25) is 0 Å². The van der Waals surface area contributed by atoms with Gasteiger partial charge in [-0.25, -0.2) is 4.68 Å². The number of aryl methyl sites for hydroxylation is 2. The molecule has 2 aromatic rings. The highest BCUT2D eigenvalue weighted by molar-refractivity contribution is 7.98. The number of nitrogens with zero attached hydrogens (tertiary/aromatic N) is 4. The molecule has 1 N–H and O–H groups in total. The summed E-state index contributed by atoms with van der Waals surface area (Å²) in [5.74, 6) is 1.84. The Labute approximate surface area is 149 Å². The molecule has 2 aliphatic heterocycles. The Balaban J connectivity index is 1.55. The van der Waals surface area contributed by atoms with Gasteiger partial charge in [0.25, 0.3) is 11.5 Å². The Morgan fingerprint density at radius 1 is 1.44 bits per heavy atom. The molecule has 1 atom stereocenters. The third-order valence-corrected chi connectivity index (χ3v) is 5.86. The molecule has 2 aliphatic rings. The van der Waals surface area contributed by atoms with Crippen molar-refractivity contribution < 1.29 is 4.79 Å². The summed E-state index contributed by atoms with van der Waals surface area (Å²) in [6, 6.07) is 3.47. The number of likely N-dealkylation sites (tertiary alicyclic amines) is 1. The first-order chi connectivity index (χ1) is 12.1. The largest absolute Gasteiger partial charge is 0.332 e. The molecule has 1 fully saturated rings. The number of H-pyrrole nitrogens is 1. The SMILES string of the molecule is Cc1cc(C(=O)N2CCCC2Cn2nc3c(cc2=O)CSCC3)n[nH]1. The zero-order valence-corrected chi connectivity index (χ0v) is 15.0. The molecule has 2 aromatic heterocycles. The number of carbonyl (C=O) groups excluding carboxylic acids is 1. The molecule has 0 saturated carbocycles. The van der Waals surface area contributed by atoms with Crippen LogP contribution in [-0.4, -0.2) is 49.1 Å². The molecule has 25 heavy (non-hydrogen) atoms. The average molecular weight is 359 g/mol. The van der Waals surface area contributed by atoms with Crippen molar-refractivity contribution in [3.63, 3.8) is 0 Å². The highest BCUT2D eigenvalue weighted by Crippen LogP contribution is 2.23. The van der Waals surface area contributed by atoms with E-state index in [4.69, 9.17) is 0 Å². The van der Waals surface area contributed by atoms with Gasteiger partial charge in [0.15, 0.2) is 0 Å².